The molecule has 2 aliphatic rings. The van der Waals surface area contributed by atoms with Crippen LogP contribution in [0.15, 0.2) is 12.3 Å². The lowest BCUT2D eigenvalue weighted by Gasteiger charge is -2.13. The van der Waals surface area contributed by atoms with Gasteiger partial charge in [-0.2, -0.15) is 0 Å². The fourth-order valence-corrected chi connectivity index (χ4v) is 3.32. The third-order valence-electron chi connectivity index (χ3n) is 4.10. The van der Waals surface area contributed by atoms with E-state index in [1.807, 2.05) is 0 Å². The standard InChI is InChI=1S/C13H18N/c1-3-14-8-13-11-5-4-10(7-11)12(13)6-9(14)2/h6,8,10-11H,3-5,7H2,1-2H3/q+1. The molecule has 1 fully saturated rings. The van der Waals surface area contributed by atoms with Crippen molar-refractivity contribution in [2.45, 2.75) is 51.5 Å². The minimum Gasteiger partial charge on any atom is -0.203 e. The molecule has 0 aromatic carbocycles. The predicted octanol–water partition coefficient (Wildman–Crippen LogP) is 2.67. The van der Waals surface area contributed by atoms with Gasteiger partial charge in [0, 0.05) is 18.6 Å². The second kappa shape index (κ2) is 2.82. The Labute approximate surface area is 85.8 Å². The summed E-state index contributed by atoms with van der Waals surface area (Å²) >= 11 is 0. The molecule has 0 aliphatic heterocycles. The fraction of sp³-hybridized carbons (Fsp3) is 0.615. The Morgan fingerprint density at radius 1 is 1.29 bits per heavy atom. The van der Waals surface area contributed by atoms with E-state index in [9.17, 15) is 0 Å². The van der Waals surface area contributed by atoms with Crippen molar-refractivity contribution in [2.75, 3.05) is 0 Å². The summed E-state index contributed by atoms with van der Waals surface area (Å²) in [5.74, 6) is 1.80. The number of aromatic nitrogens is 1. The lowest BCUT2D eigenvalue weighted by molar-refractivity contribution is -0.699. The van der Waals surface area contributed by atoms with E-state index in [4.69, 9.17) is 0 Å². The third-order valence-corrected chi connectivity index (χ3v) is 4.10. The summed E-state index contributed by atoms with van der Waals surface area (Å²) in [7, 11) is 0. The zero-order chi connectivity index (χ0) is 9.71. The van der Waals surface area contributed by atoms with Crippen LogP contribution < -0.4 is 4.57 Å². The summed E-state index contributed by atoms with van der Waals surface area (Å²) in [4.78, 5) is 0. The first-order valence-corrected chi connectivity index (χ1v) is 5.83. The molecule has 2 atom stereocenters. The minimum absolute atomic E-state index is 0.897. The Bertz CT molecular complexity index is 381. The van der Waals surface area contributed by atoms with Crippen LogP contribution in [0.5, 0.6) is 0 Å². The van der Waals surface area contributed by atoms with Gasteiger partial charge in [-0.1, -0.05) is 0 Å². The summed E-state index contributed by atoms with van der Waals surface area (Å²) in [5, 5.41) is 0. The van der Waals surface area contributed by atoms with Crippen molar-refractivity contribution in [3.8, 4) is 0 Å². The number of hydrogen-bond donors (Lipinski definition) is 0. The lowest BCUT2D eigenvalue weighted by atomic mass is 9.93. The number of pyridine rings is 1. The number of rotatable bonds is 1. The van der Waals surface area contributed by atoms with Crippen molar-refractivity contribution in [1.82, 2.24) is 0 Å². The van der Waals surface area contributed by atoms with Crippen LogP contribution in [0.4, 0.5) is 0 Å². The van der Waals surface area contributed by atoms with Crippen molar-refractivity contribution in [3.63, 3.8) is 0 Å². The molecule has 2 aliphatic carbocycles. The van der Waals surface area contributed by atoms with Crippen molar-refractivity contribution in [3.05, 3.63) is 29.1 Å². The van der Waals surface area contributed by atoms with E-state index in [0.717, 1.165) is 18.4 Å². The molecule has 74 valence electrons. The lowest BCUT2D eigenvalue weighted by Crippen LogP contribution is -2.36. The highest BCUT2D eigenvalue weighted by atomic mass is 14.9. The smallest absolute Gasteiger partial charge is 0.178 e. The minimum atomic E-state index is 0.897. The second-order valence-corrected chi connectivity index (χ2v) is 4.82. The molecule has 0 radical (unpaired) electrons. The van der Waals surface area contributed by atoms with E-state index in [1.54, 1.807) is 11.1 Å². The van der Waals surface area contributed by atoms with Gasteiger partial charge in [-0.15, -0.1) is 0 Å². The molecule has 1 heterocycles. The van der Waals surface area contributed by atoms with Crippen LogP contribution in [-0.4, -0.2) is 0 Å². The molecule has 14 heavy (non-hydrogen) atoms. The van der Waals surface area contributed by atoms with Crippen LogP contribution in [-0.2, 0) is 6.54 Å². The highest BCUT2D eigenvalue weighted by Gasteiger charge is 2.38. The van der Waals surface area contributed by atoms with Gasteiger partial charge in [-0.05, 0) is 43.6 Å². The molecule has 0 N–H and O–H groups in total. The van der Waals surface area contributed by atoms with Gasteiger partial charge in [0.15, 0.2) is 11.9 Å². The van der Waals surface area contributed by atoms with E-state index in [1.165, 1.54) is 25.0 Å². The highest BCUT2D eigenvalue weighted by molar-refractivity contribution is 5.38. The maximum absolute atomic E-state index is 2.43. The van der Waals surface area contributed by atoms with E-state index >= 15 is 0 Å². The maximum Gasteiger partial charge on any atom is 0.178 e. The Morgan fingerprint density at radius 3 is 2.71 bits per heavy atom. The average molecular weight is 188 g/mol. The normalized spacial score (nSPS) is 28.1. The van der Waals surface area contributed by atoms with E-state index < -0.39 is 0 Å². The Hall–Kier alpha value is -0.850. The quantitative estimate of drug-likeness (QED) is 0.597. The molecule has 1 aromatic heterocycles. The highest BCUT2D eigenvalue weighted by Crippen LogP contribution is 2.52. The topological polar surface area (TPSA) is 3.88 Å². The van der Waals surface area contributed by atoms with Crippen molar-refractivity contribution >= 4 is 0 Å². The van der Waals surface area contributed by atoms with Gasteiger partial charge in [0.05, 0.1) is 0 Å². The van der Waals surface area contributed by atoms with Crippen molar-refractivity contribution < 1.29 is 4.57 Å². The number of fused-ring (bicyclic) bond motifs is 5. The summed E-state index contributed by atoms with van der Waals surface area (Å²) in [6.45, 7) is 5.57. The van der Waals surface area contributed by atoms with Gasteiger partial charge in [-0.25, -0.2) is 4.57 Å². The van der Waals surface area contributed by atoms with Gasteiger partial charge in [0.2, 0.25) is 0 Å². The molecular formula is C13H18N+. The molecule has 2 unspecified atom stereocenters. The molecule has 1 heteroatoms. The van der Waals surface area contributed by atoms with Gasteiger partial charge >= 0.3 is 0 Å². The van der Waals surface area contributed by atoms with Crippen LogP contribution >= 0.6 is 0 Å². The van der Waals surface area contributed by atoms with Gasteiger partial charge in [0.25, 0.3) is 0 Å². The van der Waals surface area contributed by atoms with Crippen LogP contribution in [0, 0.1) is 6.92 Å². The van der Waals surface area contributed by atoms with E-state index in [-0.39, 0.29) is 0 Å². The molecule has 3 rings (SSSR count). The molecule has 0 saturated heterocycles. The molecule has 1 saturated carbocycles. The first-order valence-electron chi connectivity index (χ1n) is 5.83. The number of hydrogen-bond acceptors (Lipinski definition) is 0. The maximum atomic E-state index is 2.43. The predicted molar refractivity (Wildman–Crippen MR) is 56.4 cm³/mol. The zero-order valence-corrected chi connectivity index (χ0v) is 9.09. The zero-order valence-electron chi connectivity index (χ0n) is 9.09. The van der Waals surface area contributed by atoms with Crippen LogP contribution in [0.25, 0.3) is 0 Å². The Morgan fingerprint density at radius 2 is 2.00 bits per heavy atom. The molecule has 1 aromatic rings. The van der Waals surface area contributed by atoms with Crippen LogP contribution in [0.1, 0.15) is 54.8 Å². The Balaban J connectivity index is 2.16. The SMILES string of the molecule is CC[n+]1cc2c(cc1C)C1CCC2C1. The third kappa shape index (κ3) is 0.985. The van der Waals surface area contributed by atoms with Gasteiger partial charge < -0.3 is 0 Å². The number of aryl methyl sites for hydroxylation is 2. The van der Waals surface area contributed by atoms with Crippen LogP contribution in [0.3, 0.4) is 0 Å². The molecular weight excluding hydrogens is 170 g/mol. The monoisotopic (exact) mass is 188 g/mol. The summed E-state index contributed by atoms with van der Waals surface area (Å²) in [6, 6.07) is 2.43. The Kier molecular flexibility index (Phi) is 1.70. The first-order chi connectivity index (χ1) is 6.79. The molecule has 0 spiro atoms. The fourth-order valence-electron chi connectivity index (χ4n) is 3.32. The van der Waals surface area contributed by atoms with Crippen molar-refractivity contribution in [1.29, 1.82) is 0 Å². The largest absolute Gasteiger partial charge is 0.203 e. The van der Waals surface area contributed by atoms with Gasteiger partial charge in [-0.3, -0.25) is 0 Å². The summed E-state index contributed by atoms with van der Waals surface area (Å²) in [5.41, 5.74) is 4.76. The second-order valence-electron chi connectivity index (χ2n) is 4.82. The van der Waals surface area contributed by atoms with E-state index in [0.29, 0.717) is 0 Å². The first kappa shape index (κ1) is 8.46. The number of nitrogens with zero attached hydrogens (tertiary/aromatic N) is 1. The molecule has 1 nitrogen and oxygen atoms in total. The van der Waals surface area contributed by atoms with Crippen LogP contribution in [0.2, 0.25) is 0 Å². The molecule has 2 bridgehead atoms. The average Bonchev–Trinajstić information content (AvgIpc) is 2.77. The summed E-state index contributed by atoms with van der Waals surface area (Å²) < 4.78 is 2.39. The summed E-state index contributed by atoms with van der Waals surface area (Å²) in [6.07, 6.45) is 6.72. The van der Waals surface area contributed by atoms with Gasteiger partial charge in [0.1, 0.15) is 6.54 Å². The molecule has 0 amide bonds. The van der Waals surface area contributed by atoms with E-state index in [2.05, 4.69) is 30.7 Å². The van der Waals surface area contributed by atoms with Crippen molar-refractivity contribution in [2.24, 2.45) is 0 Å².